The second-order valence-corrected chi connectivity index (χ2v) is 9.81. The summed E-state index contributed by atoms with van der Waals surface area (Å²) in [4.78, 5) is 37.6. The van der Waals surface area contributed by atoms with Crippen molar-refractivity contribution in [3.8, 4) is 0 Å². The van der Waals surface area contributed by atoms with Crippen molar-refractivity contribution in [2.75, 3.05) is 0 Å². The largest absolute Gasteiger partial charge is 0.336 e. The first kappa shape index (κ1) is 30.9. The number of allylic oxidation sites excluding steroid dienone is 2. The van der Waals surface area contributed by atoms with Gasteiger partial charge in [0, 0.05) is 6.54 Å². The van der Waals surface area contributed by atoms with Gasteiger partial charge in [-0.1, -0.05) is 128 Å². The maximum Gasteiger partial charge on any atom is 0.336 e. The fourth-order valence-electron chi connectivity index (χ4n) is 4.62. The molecule has 200 valence electrons. The zero-order valence-electron chi connectivity index (χ0n) is 22.5. The van der Waals surface area contributed by atoms with Crippen LogP contribution in [-0.4, -0.2) is 13.7 Å². The summed E-state index contributed by atoms with van der Waals surface area (Å²) in [6.07, 6.45) is 26.3. The topological polar surface area (TPSA) is 66.0 Å². The lowest BCUT2D eigenvalue weighted by Crippen LogP contribution is -2.54. The Balaban J connectivity index is 2.14. The molecule has 0 spiro atoms. The highest BCUT2D eigenvalue weighted by molar-refractivity contribution is 4.84. The first-order chi connectivity index (χ1) is 17.1. The van der Waals surface area contributed by atoms with E-state index < -0.39 is 17.1 Å². The number of rotatable bonds is 23. The maximum atomic E-state index is 12.6. The second kappa shape index (κ2) is 20.1. The fraction of sp³-hybridized carbons (Fsp3) is 0.759. The average Bonchev–Trinajstić information content (AvgIpc) is 2.85. The number of unbranched alkanes of at least 4 members (excludes halogenated alkanes) is 17. The Morgan fingerprint density at radius 2 is 0.771 bits per heavy atom. The van der Waals surface area contributed by atoms with Crippen LogP contribution in [0.15, 0.2) is 39.7 Å². The van der Waals surface area contributed by atoms with Gasteiger partial charge >= 0.3 is 17.1 Å². The van der Waals surface area contributed by atoms with Crippen LogP contribution in [0.5, 0.6) is 0 Å². The Bertz CT molecular complexity index is 830. The van der Waals surface area contributed by atoms with Crippen LogP contribution in [-0.2, 0) is 19.6 Å². The van der Waals surface area contributed by atoms with Gasteiger partial charge in [0.2, 0.25) is 0 Å². The molecule has 0 bridgehead atoms. The molecule has 0 aliphatic heterocycles. The van der Waals surface area contributed by atoms with Crippen LogP contribution >= 0.6 is 0 Å². The summed E-state index contributed by atoms with van der Waals surface area (Å²) >= 11 is 0. The highest BCUT2D eigenvalue weighted by Crippen LogP contribution is 2.14. The molecule has 6 nitrogen and oxygen atoms in total. The second-order valence-electron chi connectivity index (χ2n) is 9.81. The van der Waals surface area contributed by atoms with Gasteiger partial charge in [0.1, 0.15) is 0 Å². The zero-order chi connectivity index (χ0) is 25.7. The maximum absolute atomic E-state index is 12.6. The third kappa shape index (κ3) is 12.4. The predicted molar refractivity (Wildman–Crippen MR) is 148 cm³/mol. The van der Waals surface area contributed by atoms with Gasteiger partial charge in [-0.25, -0.2) is 28.1 Å². The summed E-state index contributed by atoms with van der Waals surface area (Å²) < 4.78 is 3.31. The minimum absolute atomic E-state index is 0.0915. The number of hydrogen-bond donors (Lipinski definition) is 0. The Morgan fingerprint density at radius 3 is 1.09 bits per heavy atom. The molecule has 0 saturated heterocycles. The van der Waals surface area contributed by atoms with Crippen LogP contribution in [0, 0.1) is 0 Å². The number of hydrogen-bond acceptors (Lipinski definition) is 3. The van der Waals surface area contributed by atoms with Crippen molar-refractivity contribution in [1.29, 1.82) is 0 Å². The van der Waals surface area contributed by atoms with E-state index in [1.54, 1.807) is 0 Å². The zero-order valence-corrected chi connectivity index (χ0v) is 22.5. The minimum Gasteiger partial charge on any atom is -0.247 e. The molecular weight excluding hydrogens is 438 g/mol. The molecule has 0 radical (unpaired) electrons. The van der Waals surface area contributed by atoms with Gasteiger partial charge < -0.3 is 0 Å². The number of aromatic nitrogens is 3. The van der Waals surface area contributed by atoms with Crippen LogP contribution in [0.4, 0.5) is 0 Å². The molecule has 35 heavy (non-hydrogen) atoms. The van der Waals surface area contributed by atoms with Gasteiger partial charge in [-0.2, -0.15) is 0 Å². The molecule has 1 rings (SSSR count). The van der Waals surface area contributed by atoms with E-state index in [1.807, 2.05) is 0 Å². The lowest BCUT2D eigenvalue weighted by Gasteiger charge is -2.12. The van der Waals surface area contributed by atoms with Crippen LogP contribution in [0.25, 0.3) is 0 Å². The van der Waals surface area contributed by atoms with Crippen molar-refractivity contribution >= 4 is 0 Å². The monoisotopic (exact) mass is 489 g/mol. The van der Waals surface area contributed by atoms with Crippen LogP contribution < -0.4 is 17.1 Å². The van der Waals surface area contributed by atoms with Gasteiger partial charge in [-0.3, -0.25) is 0 Å². The molecule has 1 aromatic heterocycles. The van der Waals surface area contributed by atoms with E-state index in [1.165, 1.54) is 113 Å². The highest BCUT2D eigenvalue weighted by Gasteiger charge is 2.13. The summed E-state index contributed by atoms with van der Waals surface area (Å²) in [5.41, 5.74) is -1.70. The van der Waals surface area contributed by atoms with Crippen LogP contribution in [0.1, 0.15) is 122 Å². The van der Waals surface area contributed by atoms with Crippen molar-refractivity contribution in [2.24, 2.45) is 0 Å². The molecule has 0 amide bonds. The first-order valence-electron chi connectivity index (χ1n) is 14.2. The molecule has 1 heterocycles. The quantitative estimate of drug-likeness (QED) is 0.129. The standard InChI is InChI=1S/C29H51N3O3/c1-4-7-8-9-10-11-12-13-14-15-16-17-18-19-20-21-22-23-26-32-28(34)30(24-5-2)27(33)31(25-6-3)29(32)35/h5-6H,2-4,7-26H2,1H3. The fourth-order valence-corrected chi connectivity index (χ4v) is 4.62. The van der Waals surface area contributed by atoms with E-state index in [9.17, 15) is 14.4 Å². The van der Waals surface area contributed by atoms with Crippen molar-refractivity contribution < 1.29 is 0 Å². The summed E-state index contributed by atoms with van der Waals surface area (Å²) in [6, 6.07) is 0. The summed E-state index contributed by atoms with van der Waals surface area (Å²) in [7, 11) is 0. The van der Waals surface area contributed by atoms with E-state index in [4.69, 9.17) is 0 Å². The highest BCUT2D eigenvalue weighted by atomic mass is 16.2. The van der Waals surface area contributed by atoms with E-state index >= 15 is 0 Å². The van der Waals surface area contributed by atoms with E-state index in [-0.39, 0.29) is 13.1 Å². The van der Waals surface area contributed by atoms with Gasteiger partial charge in [-0.05, 0) is 6.42 Å². The van der Waals surface area contributed by atoms with Crippen molar-refractivity contribution in [1.82, 2.24) is 13.7 Å². The third-order valence-electron chi connectivity index (χ3n) is 6.74. The summed E-state index contributed by atoms with van der Waals surface area (Å²) in [5.74, 6) is 0. The Kier molecular flexibility index (Phi) is 17.8. The van der Waals surface area contributed by atoms with Crippen molar-refractivity contribution in [3.05, 3.63) is 56.8 Å². The van der Waals surface area contributed by atoms with Gasteiger partial charge in [-0.15, -0.1) is 13.2 Å². The van der Waals surface area contributed by atoms with Gasteiger partial charge in [0.25, 0.3) is 0 Å². The Labute approximate surface area is 212 Å². The van der Waals surface area contributed by atoms with E-state index in [0.717, 1.165) is 28.4 Å². The molecule has 0 aliphatic carbocycles. The van der Waals surface area contributed by atoms with Gasteiger partial charge in [0.05, 0.1) is 13.1 Å². The lowest BCUT2D eigenvalue weighted by atomic mass is 10.0. The molecule has 0 atom stereocenters. The molecule has 0 fully saturated rings. The Morgan fingerprint density at radius 1 is 0.486 bits per heavy atom. The molecule has 6 heteroatoms. The summed E-state index contributed by atoms with van der Waals surface area (Å²) in [5, 5.41) is 0. The van der Waals surface area contributed by atoms with Crippen LogP contribution in [0.2, 0.25) is 0 Å². The van der Waals surface area contributed by atoms with Gasteiger partial charge in [0.15, 0.2) is 0 Å². The summed E-state index contributed by atoms with van der Waals surface area (Å²) in [6.45, 7) is 10.00. The molecular formula is C29H51N3O3. The minimum atomic E-state index is -0.603. The molecule has 0 unspecified atom stereocenters. The van der Waals surface area contributed by atoms with Crippen LogP contribution in [0.3, 0.4) is 0 Å². The van der Waals surface area contributed by atoms with E-state index in [0.29, 0.717) is 6.54 Å². The molecule has 1 aromatic rings. The lowest BCUT2D eigenvalue weighted by molar-refractivity contribution is 0.455. The molecule has 0 N–H and O–H groups in total. The predicted octanol–water partition coefficient (Wildman–Crippen LogP) is 6.59. The van der Waals surface area contributed by atoms with E-state index in [2.05, 4.69) is 20.1 Å². The van der Waals surface area contributed by atoms with Crippen molar-refractivity contribution in [3.63, 3.8) is 0 Å². The smallest absolute Gasteiger partial charge is 0.247 e. The van der Waals surface area contributed by atoms with Crippen molar-refractivity contribution in [2.45, 2.75) is 142 Å². The SMILES string of the molecule is C=CCn1c(=O)n(CC=C)c(=O)n(CCCCCCCCCCCCCCCCCCCC)c1=O. The molecule has 0 aliphatic rings. The number of nitrogens with zero attached hydrogens (tertiary/aromatic N) is 3. The first-order valence-corrected chi connectivity index (χ1v) is 14.2. The Hall–Kier alpha value is -2.11. The normalized spacial score (nSPS) is 11.1. The third-order valence-corrected chi connectivity index (χ3v) is 6.74. The molecule has 0 aromatic carbocycles. The molecule has 0 saturated carbocycles. The average molecular weight is 490 g/mol.